The lowest BCUT2D eigenvalue weighted by Gasteiger charge is -2.21. The van der Waals surface area contributed by atoms with Crippen molar-refractivity contribution in [1.82, 2.24) is 10.6 Å². The number of hydrogen-bond donors (Lipinski definition) is 2. The Balaban J connectivity index is 0.00000200. The highest BCUT2D eigenvalue weighted by Crippen LogP contribution is 2.13. The van der Waals surface area contributed by atoms with E-state index in [0.717, 1.165) is 38.1 Å². The number of amides is 1. The third-order valence-corrected chi connectivity index (χ3v) is 3.51. The highest BCUT2D eigenvalue weighted by molar-refractivity contribution is 5.85. The zero-order valence-corrected chi connectivity index (χ0v) is 12.7. The van der Waals surface area contributed by atoms with Gasteiger partial charge in [-0.1, -0.05) is 12.1 Å². The first-order valence-corrected chi connectivity index (χ1v) is 6.91. The van der Waals surface area contributed by atoms with Crippen LogP contribution in [0.5, 0.6) is 5.75 Å². The molecule has 0 radical (unpaired) electrons. The lowest BCUT2D eigenvalue weighted by atomic mass is 9.99. The number of piperidine rings is 1. The highest BCUT2D eigenvalue weighted by Gasteiger charge is 2.19. The van der Waals surface area contributed by atoms with Crippen LogP contribution in [0.15, 0.2) is 24.3 Å². The average molecular weight is 299 g/mol. The maximum Gasteiger partial charge on any atom is 0.224 e. The summed E-state index contributed by atoms with van der Waals surface area (Å²) in [7, 11) is 1.66. The van der Waals surface area contributed by atoms with Gasteiger partial charge >= 0.3 is 0 Å². The third-order valence-electron chi connectivity index (χ3n) is 3.51. The summed E-state index contributed by atoms with van der Waals surface area (Å²) in [5, 5.41) is 6.28. The van der Waals surface area contributed by atoms with Gasteiger partial charge in [0.2, 0.25) is 5.91 Å². The molecule has 1 amide bonds. The number of nitrogens with one attached hydrogen (secondary N) is 2. The molecule has 1 aromatic carbocycles. The molecular weight excluding hydrogens is 276 g/mol. The second kappa shape index (κ2) is 8.82. The van der Waals surface area contributed by atoms with Gasteiger partial charge in [-0.2, -0.15) is 0 Å². The van der Waals surface area contributed by atoms with Crippen LogP contribution in [0.1, 0.15) is 18.4 Å². The molecule has 0 aromatic heterocycles. The summed E-state index contributed by atoms with van der Waals surface area (Å²) in [5.74, 6) is 1.18. The van der Waals surface area contributed by atoms with Gasteiger partial charge in [0.25, 0.3) is 0 Å². The largest absolute Gasteiger partial charge is 0.497 e. The predicted octanol–water partition coefficient (Wildman–Crippen LogP) is 1.78. The van der Waals surface area contributed by atoms with Crippen LogP contribution in [0.3, 0.4) is 0 Å². The van der Waals surface area contributed by atoms with Crippen LogP contribution in [0.4, 0.5) is 0 Å². The van der Waals surface area contributed by atoms with Crippen molar-refractivity contribution in [2.75, 3.05) is 26.7 Å². The second-order valence-corrected chi connectivity index (χ2v) is 4.94. The minimum absolute atomic E-state index is 0. The molecule has 1 unspecified atom stereocenters. The maximum atomic E-state index is 11.9. The maximum absolute atomic E-state index is 11.9. The van der Waals surface area contributed by atoms with Crippen molar-refractivity contribution in [2.45, 2.75) is 19.3 Å². The molecule has 1 saturated heterocycles. The van der Waals surface area contributed by atoms with E-state index >= 15 is 0 Å². The number of halogens is 1. The van der Waals surface area contributed by atoms with Crippen molar-refractivity contribution in [2.24, 2.45) is 5.92 Å². The van der Waals surface area contributed by atoms with Crippen molar-refractivity contribution in [3.8, 4) is 5.75 Å². The van der Waals surface area contributed by atoms with Gasteiger partial charge in [-0.05, 0) is 43.5 Å². The minimum atomic E-state index is 0. The molecule has 1 atom stereocenters. The lowest BCUT2D eigenvalue weighted by Crippen LogP contribution is -2.41. The normalized spacial score (nSPS) is 17.9. The monoisotopic (exact) mass is 298 g/mol. The quantitative estimate of drug-likeness (QED) is 0.871. The summed E-state index contributed by atoms with van der Waals surface area (Å²) >= 11 is 0. The van der Waals surface area contributed by atoms with Crippen LogP contribution in [-0.2, 0) is 11.2 Å². The standard InChI is InChI=1S/C15H22N2O2.ClH/c1-19-14-6-2-4-12(10-14)7-9-17-15(18)13-5-3-8-16-11-13;/h2,4,6,10,13,16H,3,5,7-9,11H2,1H3,(H,17,18);1H. The van der Waals surface area contributed by atoms with E-state index < -0.39 is 0 Å². The zero-order valence-electron chi connectivity index (χ0n) is 11.9. The van der Waals surface area contributed by atoms with Gasteiger partial charge in [0.1, 0.15) is 5.75 Å². The molecule has 1 fully saturated rings. The van der Waals surface area contributed by atoms with E-state index in [0.29, 0.717) is 6.54 Å². The minimum Gasteiger partial charge on any atom is -0.497 e. The Labute approximate surface area is 126 Å². The van der Waals surface area contributed by atoms with E-state index in [-0.39, 0.29) is 24.2 Å². The topological polar surface area (TPSA) is 50.4 Å². The fraction of sp³-hybridized carbons (Fsp3) is 0.533. The van der Waals surface area contributed by atoms with Crippen molar-refractivity contribution in [3.63, 3.8) is 0 Å². The molecule has 4 nitrogen and oxygen atoms in total. The summed E-state index contributed by atoms with van der Waals surface area (Å²) in [6, 6.07) is 7.96. The third kappa shape index (κ3) is 5.02. The molecule has 112 valence electrons. The van der Waals surface area contributed by atoms with Gasteiger partial charge in [-0.15, -0.1) is 12.4 Å². The number of carbonyl (C=O) groups excluding carboxylic acids is 1. The van der Waals surface area contributed by atoms with Crippen molar-refractivity contribution in [1.29, 1.82) is 0 Å². The van der Waals surface area contributed by atoms with Crippen molar-refractivity contribution < 1.29 is 9.53 Å². The predicted molar refractivity (Wildman–Crippen MR) is 82.5 cm³/mol. The Bertz CT molecular complexity index is 420. The second-order valence-electron chi connectivity index (χ2n) is 4.94. The fourth-order valence-corrected chi connectivity index (χ4v) is 2.38. The number of rotatable bonds is 5. The first-order valence-electron chi connectivity index (χ1n) is 6.91. The summed E-state index contributed by atoms with van der Waals surface area (Å²) in [4.78, 5) is 11.9. The molecule has 0 spiro atoms. The molecule has 1 aromatic rings. The van der Waals surface area contributed by atoms with Gasteiger partial charge in [0.15, 0.2) is 0 Å². The average Bonchev–Trinajstić information content (AvgIpc) is 2.48. The molecule has 0 saturated carbocycles. The van der Waals surface area contributed by atoms with E-state index in [1.165, 1.54) is 5.56 Å². The van der Waals surface area contributed by atoms with Gasteiger partial charge in [0.05, 0.1) is 13.0 Å². The Morgan fingerprint density at radius 1 is 1.50 bits per heavy atom. The van der Waals surface area contributed by atoms with E-state index in [1.54, 1.807) is 7.11 Å². The number of benzene rings is 1. The first-order chi connectivity index (χ1) is 9.29. The van der Waals surface area contributed by atoms with Gasteiger partial charge in [0, 0.05) is 13.1 Å². The molecule has 5 heteroatoms. The summed E-state index contributed by atoms with van der Waals surface area (Å²) in [6.45, 7) is 2.53. The first kappa shape index (κ1) is 16.8. The van der Waals surface area contributed by atoms with Crippen LogP contribution in [0.2, 0.25) is 0 Å². The van der Waals surface area contributed by atoms with Crippen LogP contribution in [0.25, 0.3) is 0 Å². The molecule has 1 aliphatic heterocycles. The van der Waals surface area contributed by atoms with Gasteiger partial charge in [-0.25, -0.2) is 0 Å². The molecular formula is C15H23ClN2O2. The van der Waals surface area contributed by atoms with E-state index in [1.807, 2.05) is 18.2 Å². The van der Waals surface area contributed by atoms with Gasteiger partial charge < -0.3 is 15.4 Å². The van der Waals surface area contributed by atoms with Crippen LogP contribution in [0, 0.1) is 5.92 Å². The number of hydrogen-bond acceptors (Lipinski definition) is 3. The van der Waals surface area contributed by atoms with Gasteiger partial charge in [-0.3, -0.25) is 4.79 Å². The SMILES string of the molecule is COc1cccc(CCNC(=O)C2CCCNC2)c1.Cl. The fourth-order valence-electron chi connectivity index (χ4n) is 2.38. The molecule has 1 heterocycles. The van der Waals surface area contributed by atoms with Crippen LogP contribution in [-0.4, -0.2) is 32.7 Å². The molecule has 20 heavy (non-hydrogen) atoms. The molecule has 0 aliphatic carbocycles. The Morgan fingerprint density at radius 2 is 2.35 bits per heavy atom. The summed E-state index contributed by atoms with van der Waals surface area (Å²) in [5.41, 5.74) is 1.18. The molecule has 1 aliphatic rings. The zero-order chi connectivity index (χ0) is 13.5. The smallest absolute Gasteiger partial charge is 0.224 e. The number of carbonyl (C=O) groups is 1. The Morgan fingerprint density at radius 3 is 3.05 bits per heavy atom. The van der Waals surface area contributed by atoms with Crippen molar-refractivity contribution >= 4 is 18.3 Å². The Hall–Kier alpha value is -1.26. The molecule has 0 bridgehead atoms. The van der Waals surface area contributed by atoms with E-state index in [4.69, 9.17) is 4.74 Å². The van der Waals surface area contributed by atoms with E-state index in [9.17, 15) is 4.79 Å². The lowest BCUT2D eigenvalue weighted by molar-refractivity contribution is -0.125. The van der Waals surface area contributed by atoms with Crippen LogP contribution >= 0.6 is 12.4 Å². The van der Waals surface area contributed by atoms with E-state index in [2.05, 4.69) is 16.7 Å². The Kier molecular flexibility index (Phi) is 7.41. The van der Waals surface area contributed by atoms with Crippen LogP contribution < -0.4 is 15.4 Å². The summed E-state index contributed by atoms with van der Waals surface area (Å²) < 4.78 is 5.18. The number of ether oxygens (including phenoxy) is 1. The molecule has 2 N–H and O–H groups in total. The molecule has 2 rings (SSSR count). The number of methoxy groups -OCH3 is 1. The van der Waals surface area contributed by atoms with Crippen molar-refractivity contribution in [3.05, 3.63) is 29.8 Å². The highest BCUT2D eigenvalue weighted by atomic mass is 35.5. The summed E-state index contributed by atoms with van der Waals surface area (Å²) in [6.07, 6.45) is 2.93.